The second-order valence-electron chi connectivity index (χ2n) is 4.65. The van der Waals surface area contributed by atoms with Gasteiger partial charge in [0.2, 0.25) is 10.0 Å². The molecule has 0 unspecified atom stereocenters. The fourth-order valence-corrected chi connectivity index (χ4v) is 3.38. The molecule has 0 radical (unpaired) electrons. The van der Waals surface area contributed by atoms with Gasteiger partial charge in [-0.15, -0.1) is 0 Å². The van der Waals surface area contributed by atoms with E-state index in [0.717, 1.165) is 25.7 Å². The van der Waals surface area contributed by atoms with Crippen molar-refractivity contribution in [2.45, 2.75) is 38.1 Å². The minimum atomic E-state index is -3.57. The number of carboxylic acid groups (broad SMARTS) is 1. The van der Waals surface area contributed by atoms with Gasteiger partial charge in [0, 0.05) is 11.6 Å². The molecule has 2 aliphatic carbocycles. The Kier molecular flexibility index (Phi) is 4.08. The highest BCUT2D eigenvalue weighted by molar-refractivity contribution is 7.93. The number of carboxylic acids is 1. The molecule has 2 aliphatic rings. The highest BCUT2D eigenvalue weighted by atomic mass is 32.2. The number of aliphatic carboxylic acids is 1. The van der Waals surface area contributed by atoms with Gasteiger partial charge in [-0.1, -0.05) is 18.6 Å². The SMILES string of the molecule is O=C(O)CC1=C=C=C(S(=O)(=O)NC2CCCC2)C=C1. The first kappa shape index (κ1) is 13.8. The van der Waals surface area contributed by atoms with Gasteiger partial charge >= 0.3 is 5.97 Å². The summed E-state index contributed by atoms with van der Waals surface area (Å²) in [6, 6.07) is -0.00269. The Morgan fingerprint density at radius 3 is 2.53 bits per heavy atom. The first-order valence-corrected chi connectivity index (χ1v) is 7.63. The third-order valence-corrected chi connectivity index (χ3v) is 4.55. The highest BCUT2D eigenvalue weighted by Crippen LogP contribution is 2.20. The fraction of sp³-hybridized carbons (Fsp3) is 0.462. The van der Waals surface area contributed by atoms with E-state index in [1.54, 1.807) is 0 Å². The zero-order valence-electron chi connectivity index (χ0n) is 10.3. The van der Waals surface area contributed by atoms with E-state index in [9.17, 15) is 13.2 Å². The lowest BCUT2D eigenvalue weighted by molar-refractivity contribution is -0.136. The summed E-state index contributed by atoms with van der Waals surface area (Å²) >= 11 is 0. The monoisotopic (exact) mass is 281 g/mol. The minimum Gasteiger partial charge on any atom is -0.481 e. The molecule has 5 nitrogen and oxygen atoms in total. The van der Waals surface area contributed by atoms with Crippen LogP contribution in [0.25, 0.3) is 0 Å². The molecule has 0 saturated heterocycles. The maximum atomic E-state index is 12.0. The van der Waals surface area contributed by atoms with Crippen LogP contribution in [-0.4, -0.2) is 25.5 Å². The number of nitrogens with one attached hydrogen (secondary N) is 1. The molecule has 0 aromatic carbocycles. The second-order valence-corrected chi connectivity index (χ2v) is 6.33. The van der Waals surface area contributed by atoms with Crippen LogP contribution in [0.4, 0.5) is 0 Å². The Morgan fingerprint density at radius 2 is 2.00 bits per heavy atom. The van der Waals surface area contributed by atoms with Gasteiger partial charge in [0.25, 0.3) is 0 Å². The molecule has 2 rings (SSSR count). The Hall–Kier alpha value is -1.58. The predicted molar refractivity (Wildman–Crippen MR) is 69.8 cm³/mol. The molecule has 102 valence electrons. The van der Waals surface area contributed by atoms with E-state index in [0.29, 0.717) is 5.57 Å². The Bertz CT molecular complexity index is 611. The normalized spacial score (nSPS) is 19.4. The molecule has 2 N–H and O–H groups in total. The lowest BCUT2D eigenvalue weighted by Crippen LogP contribution is -2.33. The van der Waals surface area contributed by atoms with Gasteiger partial charge in [-0.2, -0.15) is 0 Å². The highest BCUT2D eigenvalue weighted by Gasteiger charge is 2.24. The average molecular weight is 281 g/mol. The van der Waals surface area contributed by atoms with Gasteiger partial charge in [-0.25, -0.2) is 13.1 Å². The average Bonchev–Trinajstić information content (AvgIpc) is 2.81. The number of allylic oxidation sites excluding steroid dienone is 2. The fourth-order valence-electron chi connectivity index (χ4n) is 2.15. The van der Waals surface area contributed by atoms with Crippen LogP contribution >= 0.6 is 0 Å². The molecule has 0 heterocycles. The van der Waals surface area contributed by atoms with Crippen LogP contribution in [0.2, 0.25) is 0 Å². The quantitative estimate of drug-likeness (QED) is 0.747. The van der Waals surface area contributed by atoms with Gasteiger partial charge in [0.1, 0.15) is 4.91 Å². The van der Waals surface area contributed by atoms with Crippen LogP contribution in [0.3, 0.4) is 0 Å². The second kappa shape index (κ2) is 5.59. The van der Waals surface area contributed by atoms with Crippen LogP contribution < -0.4 is 4.72 Å². The number of rotatable bonds is 5. The zero-order valence-corrected chi connectivity index (χ0v) is 11.2. The van der Waals surface area contributed by atoms with E-state index in [1.165, 1.54) is 12.2 Å². The molecule has 6 heteroatoms. The minimum absolute atomic E-state index is 0.00269. The molecule has 19 heavy (non-hydrogen) atoms. The molecule has 0 atom stereocenters. The Balaban J connectivity index is 2.17. The van der Waals surface area contributed by atoms with Crippen molar-refractivity contribution in [3.05, 3.63) is 34.1 Å². The molecule has 1 fully saturated rings. The van der Waals surface area contributed by atoms with Crippen molar-refractivity contribution in [2.75, 3.05) is 0 Å². The summed E-state index contributed by atoms with van der Waals surface area (Å²) in [5.74, 6) is -0.982. The molecule has 0 amide bonds. The van der Waals surface area contributed by atoms with E-state index >= 15 is 0 Å². The lowest BCUT2D eigenvalue weighted by atomic mass is 10.1. The summed E-state index contributed by atoms with van der Waals surface area (Å²) in [6.45, 7) is 0. The third-order valence-electron chi connectivity index (χ3n) is 3.09. The van der Waals surface area contributed by atoms with Gasteiger partial charge in [0.15, 0.2) is 0 Å². The van der Waals surface area contributed by atoms with Crippen molar-refractivity contribution < 1.29 is 18.3 Å². The molecule has 0 aromatic rings. The van der Waals surface area contributed by atoms with Crippen LogP contribution in [0, 0.1) is 0 Å². The Labute approximate surface area is 112 Å². The van der Waals surface area contributed by atoms with Gasteiger partial charge in [-0.3, -0.25) is 4.79 Å². The maximum absolute atomic E-state index is 12.0. The van der Waals surface area contributed by atoms with Crippen LogP contribution in [0.15, 0.2) is 34.1 Å². The predicted octanol–water partition coefficient (Wildman–Crippen LogP) is 1.46. The smallest absolute Gasteiger partial charge is 0.308 e. The molecular weight excluding hydrogens is 266 g/mol. The summed E-state index contributed by atoms with van der Waals surface area (Å²) in [5.41, 5.74) is 5.50. The first-order chi connectivity index (χ1) is 8.97. The van der Waals surface area contributed by atoms with Gasteiger partial charge < -0.3 is 5.11 Å². The van der Waals surface area contributed by atoms with E-state index in [4.69, 9.17) is 5.11 Å². The lowest BCUT2D eigenvalue weighted by Gasteiger charge is -2.12. The van der Waals surface area contributed by atoms with Crippen molar-refractivity contribution in [3.63, 3.8) is 0 Å². The zero-order chi connectivity index (χ0) is 13.9. The standard InChI is InChI=1S/C13H15NO4S/c15-13(16)9-10-5-7-12(8-6-10)19(17,18)14-11-3-1-2-4-11/h5,7,11,14H,1-4,9H2,(H,15,16). The first-order valence-electron chi connectivity index (χ1n) is 6.14. The molecular formula is C13H15NO4S. The third kappa shape index (κ3) is 3.69. The van der Waals surface area contributed by atoms with Crippen molar-refractivity contribution in [1.29, 1.82) is 0 Å². The van der Waals surface area contributed by atoms with Crippen LogP contribution in [0.5, 0.6) is 0 Å². The van der Waals surface area contributed by atoms with Crippen LogP contribution in [-0.2, 0) is 14.8 Å². The molecule has 0 aliphatic heterocycles. The summed E-state index contributed by atoms with van der Waals surface area (Å²) in [7, 11) is -3.57. The van der Waals surface area contributed by atoms with Crippen molar-refractivity contribution in [2.24, 2.45) is 0 Å². The topological polar surface area (TPSA) is 83.5 Å². The van der Waals surface area contributed by atoms with Crippen molar-refractivity contribution >= 4 is 16.0 Å². The molecule has 1 saturated carbocycles. The van der Waals surface area contributed by atoms with Crippen LogP contribution in [0.1, 0.15) is 32.1 Å². The van der Waals surface area contributed by atoms with Crippen molar-refractivity contribution in [1.82, 2.24) is 4.72 Å². The van der Waals surface area contributed by atoms with Crippen molar-refractivity contribution in [3.8, 4) is 0 Å². The summed E-state index contributed by atoms with van der Waals surface area (Å²) in [4.78, 5) is 10.5. The largest absolute Gasteiger partial charge is 0.481 e. The summed E-state index contributed by atoms with van der Waals surface area (Å²) < 4.78 is 26.7. The number of sulfonamides is 1. The number of hydrogen-bond donors (Lipinski definition) is 2. The molecule has 0 spiro atoms. The maximum Gasteiger partial charge on any atom is 0.308 e. The molecule has 0 bridgehead atoms. The number of hydrogen-bond acceptors (Lipinski definition) is 3. The van der Waals surface area contributed by atoms with Gasteiger partial charge in [0.05, 0.1) is 6.42 Å². The van der Waals surface area contributed by atoms with E-state index in [1.807, 2.05) is 0 Å². The van der Waals surface area contributed by atoms with E-state index < -0.39 is 16.0 Å². The van der Waals surface area contributed by atoms with E-state index in [-0.39, 0.29) is 17.4 Å². The van der Waals surface area contributed by atoms with Gasteiger partial charge in [-0.05, 0) is 30.7 Å². The summed E-state index contributed by atoms with van der Waals surface area (Å²) in [6.07, 6.45) is 6.44. The molecule has 0 aromatic heterocycles. The summed E-state index contributed by atoms with van der Waals surface area (Å²) in [5, 5.41) is 8.62. The Morgan fingerprint density at radius 1 is 1.32 bits per heavy atom. The number of carbonyl (C=O) groups is 1. The van der Waals surface area contributed by atoms with E-state index in [2.05, 4.69) is 16.2 Å².